The first-order valence-corrected chi connectivity index (χ1v) is 2.43. The highest BCUT2D eigenvalue weighted by Crippen LogP contribution is 2.03. The zero-order valence-corrected chi connectivity index (χ0v) is 4.29. The van der Waals surface area contributed by atoms with Gasteiger partial charge in [-0.15, -0.1) is 0 Å². The molecule has 0 radical (unpaired) electrons. The van der Waals surface area contributed by atoms with Crippen molar-refractivity contribution in [2.75, 3.05) is 6.54 Å². The van der Waals surface area contributed by atoms with E-state index in [-0.39, 0.29) is 0 Å². The van der Waals surface area contributed by atoms with Crippen molar-refractivity contribution in [1.82, 2.24) is 5.32 Å². The van der Waals surface area contributed by atoms with Gasteiger partial charge in [0.05, 0.1) is 0 Å². The number of nitrogens with one attached hydrogen (secondary N) is 1. The monoisotopic (exact) mass is 119 g/mol. The number of hydrogen-bond donors (Lipinski definition) is 2. The Morgan fingerprint density at radius 3 is 3.00 bits per heavy atom. The van der Waals surface area contributed by atoms with Crippen LogP contribution in [-0.4, -0.2) is 23.7 Å². The molecule has 0 bridgehead atoms. The first kappa shape index (κ1) is 3.45. The highest BCUT2D eigenvalue weighted by atomic mass is 16.4. The van der Waals surface area contributed by atoms with Crippen LogP contribution in [0.3, 0.4) is 0 Å². The molecule has 0 amide bonds. The number of rotatable bonds is 1. The van der Waals surface area contributed by atoms with Crippen LogP contribution in [0.25, 0.3) is 0 Å². The van der Waals surface area contributed by atoms with E-state index in [1.807, 2.05) is 0 Å². The Labute approximate surface area is 50.5 Å². The third-order valence-electron chi connectivity index (χ3n) is 1.05. The standard InChI is InChI=1S/C5H9NO2/c7-5(8)4-2-1-3-6-4/h4,6H,1-3H2,(H,7,8)/t4-/m0/s1/i1T,2T/t1?,2?,4-. The molecule has 8 heavy (non-hydrogen) atoms. The van der Waals surface area contributed by atoms with Crippen LogP contribution in [0.2, 0.25) is 0 Å². The van der Waals surface area contributed by atoms with Crippen molar-refractivity contribution in [2.45, 2.75) is 18.8 Å². The van der Waals surface area contributed by atoms with Crippen LogP contribution in [0, 0.1) is 0 Å². The highest BCUT2D eigenvalue weighted by Gasteiger charge is 2.20. The van der Waals surface area contributed by atoms with Crippen LogP contribution in [0.1, 0.15) is 15.5 Å². The van der Waals surface area contributed by atoms with Crippen molar-refractivity contribution in [3.63, 3.8) is 0 Å². The Morgan fingerprint density at radius 1 is 2.00 bits per heavy atom. The number of carbonyl (C=O) groups is 1. The van der Waals surface area contributed by atoms with Gasteiger partial charge in [0.2, 0.25) is 0 Å². The predicted octanol–water partition coefficient (Wildman–Crippen LogP) is -0.177. The van der Waals surface area contributed by atoms with Gasteiger partial charge >= 0.3 is 5.97 Å². The first-order valence-electron chi connectivity index (χ1n) is 3.59. The summed E-state index contributed by atoms with van der Waals surface area (Å²) in [5, 5.41) is 11.0. The molecule has 1 aliphatic rings. The fraction of sp³-hybridized carbons (Fsp3) is 0.800. The molecule has 1 fully saturated rings. The molecule has 1 heterocycles. The lowest BCUT2D eigenvalue weighted by molar-refractivity contribution is -0.139. The molecule has 1 saturated heterocycles. The Hall–Kier alpha value is -0.570. The average molecular weight is 119 g/mol. The molecular formula is C5H9NO2. The minimum atomic E-state index is -1.03. The van der Waals surface area contributed by atoms with Gasteiger partial charge in [-0.1, -0.05) is 0 Å². The molecule has 3 atom stereocenters. The molecule has 3 heteroatoms. The lowest BCUT2D eigenvalue weighted by Crippen LogP contribution is -2.29. The normalized spacial score (nSPS) is 50.2. The minimum Gasteiger partial charge on any atom is -0.480 e. The van der Waals surface area contributed by atoms with Crippen LogP contribution in [0.4, 0.5) is 0 Å². The molecule has 2 N–H and O–H groups in total. The maximum atomic E-state index is 10.3. The van der Waals surface area contributed by atoms with Crippen LogP contribution < -0.4 is 5.32 Å². The second-order valence-electron chi connectivity index (χ2n) is 1.65. The number of carboxylic acid groups (broad SMARTS) is 1. The first-order chi connectivity index (χ1) is 4.63. The molecule has 3 nitrogen and oxygen atoms in total. The Bertz CT molecular complexity index is 153. The lowest BCUT2D eigenvalue weighted by Gasteiger charge is -1.99. The molecule has 0 saturated carbocycles. The molecule has 1 aliphatic heterocycles. The Morgan fingerprint density at radius 2 is 2.75 bits per heavy atom. The summed E-state index contributed by atoms with van der Waals surface area (Å²) in [5.74, 6) is -1.03. The van der Waals surface area contributed by atoms with Gasteiger partial charge in [-0.3, -0.25) is 4.79 Å². The molecule has 1 rings (SSSR count). The third-order valence-corrected chi connectivity index (χ3v) is 1.05. The van der Waals surface area contributed by atoms with Gasteiger partial charge in [-0.05, 0) is 19.3 Å². The van der Waals surface area contributed by atoms with Crippen molar-refractivity contribution in [3.05, 3.63) is 0 Å². The fourth-order valence-corrected chi connectivity index (χ4v) is 0.637. The van der Waals surface area contributed by atoms with Gasteiger partial charge in [-0.25, -0.2) is 0 Å². The number of carboxylic acids is 1. The van der Waals surface area contributed by atoms with E-state index in [0.29, 0.717) is 6.54 Å². The maximum absolute atomic E-state index is 10.3. The van der Waals surface area contributed by atoms with E-state index in [0.717, 1.165) is 0 Å². The smallest absolute Gasteiger partial charge is 0.320 e. The summed E-state index contributed by atoms with van der Waals surface area (Å²) >= 11 is 0. The van der Waals surface area contributed by atoms with Crippen LogP contribution >= 0.6 is 0 Å². The van der Waals surface area contributed by atoms with Crippen molar-refractivity contribution in [3.8, 4) is 0 Å². The van der Waals surface area contributed by atoms with E-state index in [2.05, 4.69) is 5.32 Å². The number of aliphatic carboxylic acids is 1. The molecule has 46 valence electrons. The second-order valence-corrected chi connectivity index (χ2v) is 1.65. The number of hydrogen-bond acceptors (Lipinski definition) is 2. The van der Waals surface area contributed by atoms with Crippen molar-refractivity contribution >= 4 is 5.97 Å². The van der Waals surface area contributed by atoms with Crippen LogP contribution in [0.15, 0.2) is 0 Å². The molecule has 0 aromatic carbocycles. The van der Waals surface area contributed by atoms with Crippen molar-refractivity contribution in [1.29, 1.82) is 0 Å². The van der Waals surface area contributed by atoms with Crippen molar-refractivity contribution < 1.29 is 12.6 Å². The molecular weight excluding hydrogens is 106 g/mol. The molecule has 0 aromatic rings. The zero-order chi connectivity index (χ0) is 7.72. The third kappa shape index (κ3) is 0.980. The molecule has 0 aliphatic carbocycles. The molecule has 0 spiro atoms. The average Bonchev–Trinajstić information content (AvgIpc) is 2.14. The largest absolute Gasteiger partial charge is 0.480 e. The fourth-order valence-electron chi connectivity index (χ4n) is 0.637. The van der Waals surface area contributed by atoms with E-state index < -0.39 is 24.8 Å². The summed E-state index contributed by atoms with van der Waals surface area (Å²) in [4.78, 5) is 10.3. The summed E-state index contributed by atoms with van der Waals surface area (Å²) in [7, 11) is 0. The second kappa shape index (κ2) is 2.13. The minimum absolute atomic E-state index is 0.311. The van der Waals surface area contributed by atoms with Crippen LogP contribution in [-0.2, 0) is 4.79 Å². The maximum Gasteiger partial charge on any atom is 0.320 e. The van der Waals surface area contributed by atoms with Crippen LogP contribution in [0.5, 0.6) is 0 Å². The van der Waals surface area contributed by atoms with E-state index in [4.69, 9.17) is 7.85 Å². The molecule has 2 unspecified atom stereocenters. The SMILES string of the molecule is [3H]C1CN[C@H](C(=O)O)C1[3H]. The van der Waals surface area contributed by atoms with Gasteiger partial charge in [0.25, 0.3) is 0 Å². The van der Waals surface area contributed by atoms with Gasteiger partial charge in [-0.2, -0.15) is 0 Å². The Kier molecular flexibility index (Phi) is 0.921. The highest BCUT2D eigenvalue weighted by molar-refractivity contribution is 5.73. The summed E-state index contributed by atoms with van der Waals surface area (Å²) in [6.45, 7) is 0.311. The van der Waals surface area contributed by atoms with E-state index in [1.165, 1.54) is 0 Å². The summed E-state index contributed by atoms with van der Waals surface area (Å²) in [6, 6.07) is -0.845. The zero-order valence-electron chi connectivity index (χ0n) is 6.29. The van der Waals surface area contributed by atoms with E-state index in [9.17, 15) is 4.79 Å². The van der Waals surface area contributed by atoms with E-state index >= 15 is 0 Å². The lowest BCUT2D eigenvalue weighted by atomic mass is 10.2. The van der Waals surface area contributed by atoms with E-state index in [1.54, 1.807) is 0 Å². The van der Waals surface area contributed by atoms with Gasteiger partial charge in [0.1, 0.15) is 6.04 Å². The summed E-state index contributed by atoms with van der Waals surface area (Å²) in [6.07, 6.45) is -1.42. The predicted molar refractivity (Wildman–Crippen MR) is 28.7 cm³/mol. The quantitative estimate of drug-likeness (QED) is 0.503. The van der Waals surface area contributed by atoms with Gasteiger partial charge in [0.15, 0.2) is 0 Å². The van der Waals surface area contributed by atoms with Gasteiger partial charge in [0, 0.05) is 2.74 Å². The van der Waals surface area contributed by atoms with Crippen molar-refractivity contribution in [2.24, 2.45) is 0 Å². The van der Waals surface area contributed by atoms with Gasteiger partial charge < -0.3 is 10.4 Å². The summed E-state index contributed by atoms with van der Waals surface area (Å²) < 4.78 is 14.3. The summed E-state index contributed by atoms with van der Waals surface area (Å²) in [5.41, 5.74) is 0. The topological polar surface area (TPSA) is 49.3 Å². The Balaban J connectivity index is 2.57. The molecule has 0 aromatic heterocycles.